The number of furan rings is 1. The van der Waals surface area contributed by atoms with Gasteiger partial charge < -0.3 is 4.42 Å². The van der Waals surface area contributed by atoms with Crippen molar-refractivity contribution < 1.29 is 4.42 Å². The topological polar surface area (TPSA) is 43.9 Å². The number of rotatable bonds is 3. The number of para-hydroxylation sites is 2. The molecule has 7 aromatic carbocycles. The van der Waals surface area contributed by atoms with Crippen LogP contribution in [0.1, 0.15) is 0 Å². The maximum atomic E-state index is 6.34. The van der Waals surface area contributed by atoms with E-state index in [9.17, 15) is 0 Å². The van der Waals surface area contributed by atoms with Gasteiger partial charge in [0, 0.05) is 42.6 Å². The molecule has 4 nitrogen and oxygen atoms in total. The van der Waals surface area contributed by atoms with Gasteiger partial charge in [0.05, 0.1) is 26.9 Å². The molecule has 0 saturated carbocycles. The lowest BCUT2D eigenvalue weighted by molar-refractivity contribution is 0.669. The van der Waals surface area contributed by atoms with Crippen LogP contribution in [-0.2, 0) is 0 Å². The first-order valence-electron chi connectivity index (χ1n) is 16.4. The number of thiophene rings is 1. The zero-order chi connectivity index (χ0) is 32.1. The van der Waals surface area contributed by atoms with Crippen LogP contribution < -0.4 is 0 Å². The number of aromatic nitrogens is 3. The van der Waals surface area contributed by atoms with E-state index in [0.717, 1.165) is 70.6 Å². The van der Waals surface area contributed by atoms with Crippen molar-refractivity contribution >= 4 is 86.2 Å². The monoisotopic (exact) mass is 643 g/mol. The van der Waals surface area contributed by atoms with Gasteiger partial charge in [0.1, 0.15) is 11.2 Å². The summed E-state index contributed by atoms with van der Waals surface area (Å²) in [5.41, 5.74) is 9.24. The van der Waals surface area contributed by atoms with E-state index in [2.05, 4.69) is 144 Å². The Labute approximate surface area is 284 Å². The number of hydrogen-bond donors (Lipinski definition) is 0. The van der Waals surface area contributed by atoms with Crippen LogP contribution in [0.15, 0.2) is 156 Å². The average molecular weight is 644 g/mol. The van der Waals surface area contributed by atoms with Crippen LogP contribution in [0, 0.1) is 0 Å². The van der Waals surface area contributed by atoms with Crippen LogP contribution in [0.4, 0.5) is 0 Å². The molecule has 11 rings (SSSR count). The minimum atomic E-state index is 0.652. The Balaban J connectivity index is 1.30. The predicted octanol–water partition coefficient (Wildman–Crippen LogP) is 12.3. The minimum absolute atomic E-state index is 0.652. The van der Waals surface area contributed by atoms with Crippen molar-refractivity contribution in [3.05, 3.63) is 152 Å². The lowest BCUT2D eigenvalue weighted by Gasteiger charge is -2.11. The Morgan fingerprint density at radius 1 is 0.449 bits per heavy atom. The molecule has 49 heavy (non-hydrogen) atoms. The third kappa shape index (κ3) is 3.85. The molecule has 0 bridgehead atoms. The molecule has 0 saturated heterocycles. The highest BCUT2D eigenvalue weighted by atomic mass is 32.1. The van der Waals surface area contributed by atoms with Crippen molar-refractivity contribution in [1.82, 2.24) is 14.5 Å². The molecule has 0 aliphatic heterocycles. The molecule has 0 amide bonds. The number of benzene rings is 7. The Bertz CT molecular complexity index is 3100. The maximum Gasteiger partial charge on any atom is 0.235 e. The van der Waals surface area contributed by atoms with Crippen LogP contribution in [0.5, 0.6) is 0 Å². The molecular formula is C44H25N3OS. The summed E-state index contributed by atoms with van der Waals surface area (Å²) in [6.45, 7) is 0. The highest BCUT2D eigenvalue weighted by Crippen LogP contribution is 2.45. The average Bonchev–Trinajstić information content (AvgIpc) is 3.83. The Hall–Kier alpha value is -6.30. The predicted molar refractivity (Wildman–Crippen MR) is 205 cm³/mol. The number of fused-ring (bicyclic) bond motifs is 11. The van der Waals surface area contributed by atoms with Crippen LogP contribution in [0.25, 0.3) is 103 Å². The van der Waals surface area contributed by atoms with E-state index in [1.807, 2.05) is 12.1 Å². The summed E-state index contributed by atoms with van der Waals surface area (Å²) in [5, 5.41) is 8.03. The van der Waals surface area contributed by atoms with Crippen molar-refractivity contribution in [3.63, 3.8) is 0 Å². The molecule has 0 N–H and O–H groups in total. The first-order valence-corrected chi connectivity index (χ1v) is 17.2. The summed E-state index contributed by atoms with van der Waals surface area (Å²) in [7, 11) is 0. The van der Waals surface area contributed by atoms with Gasteiger partial charge >= 0.3 is 0 Å². The molecule has 0 unspecified atom stereocenters. The largest absolute Gasteiger partial charge is 0.456 e. The van der Waals surface area contributed by atoms with E-state index in [4.69, 9.17) is 14.4 Å². The molecule has 228 valence electrons. The van der Waals surface area contributed by atoms with Gasteiger partial charge in [-0.15, -0.1) is 11.3 Å². The van der Waals surface area contributed by atoms with E-state index in [0.29, 0.717) is 5.95 Å². The highest BCUT2D eigenvalue weighted by Gasteiger charge is 2.22. The summed E-state index contributed by atoms with van der Waals surface area (Å²) >= 11 is 1.79. The second-order valence-corrected chi connectivity index (χ2v) is 13.6. The number of nitrogens with zero attached hydrogens (tertiary/aromatic N) is 3. The van der Waals surface area contributed by atoms with E-state index in [1.54, 1.807) is 11.3 Å². The van der Waals surface area contributed by atoms with Gasteiger partial charge in [-0.3, -0.25) is 4.57 Å². The highest BCUT2D eigenvalue weighted by molar-refractivity contribution is 7.27. The van der Waals surface area contributed by atoms with Crippen LogP contribution in [0.2, 0.25) is 0 Å². The molecule has 11 aromatic rings. The van der Waals surface area contributed by atoms with Gasteiger partial charge in [0.2, 0.25) is 5.95 Å². The third-order valence-electron chi connectivity index (χ3n) is 9.81. The summed E-state index contributed by atoms with van der Waals surface area (Å²) in [4.78, 5) is 10.9. The standard InChI is InChI=1S/C44H25N3OS/c1-3-13-26(14-4-1)32-23-35-41-43(49-42(35)31-20-8-7-17-28(31)32)40(27-15-5-2-6-16-27)45-44(46-41)47-36-21-11-9-18-29(36)33-25-39-34(24-37(33)47)30-19-10-12-22-38(30)48-39/h1-25H. The lowest BCUT2D eigenvalue weighted by Crippen LogP contribution is -2.02. The first-order chi connectivity index (χ1) is 24.3. The summed E-state index contributed by atoms with van der Waals surface area (Å²) in [6, 6.07) is 53.5. The van der Waals surface area contributed by atoms with Crippen LogP contribution >= 0.6 is 11.3 Å². The van der Waals surface area contributed by atoms with Crippen LogP contribution in [-0.4, -0.2) is 14.5 Å². The second-order valence-electron chi connectivity index (χ2n) is 12.5. The second kappa shape index (κ2) is 10.1. The van der Waals surface area contributed by atoms with Crippen molar-refractivity contribution in [2.45, 2.75) is 0 Å². The fraction of sp³-hybridized carbons (Fsp3) is 0. The van der Waals surface area contributed by atoms with E-state index in [-0.39, 0.29) is 0 Å². The first kappa shape index (κ1) is 26.7. The smallest absolute Gasteiger partial charge is 0.235 e. The SMILES string of the molecule is c1ccc(-c2cc3c4nc(-n5c6ccccc6c6cc7oc8ccccc8c7cc65)nc(-c5ccccc5)c4sc3c3ccccc23)cc1. The molecule has 0 aliphatic rings. The van der Waals surface area contributed by atoms with Gasteiger partial charge in [-0.2, -0.15) is 0 Å². The molecule has 0 spiro atoms. The van der Waals surface area contributed by atoms with Gasteiger partial charge in [-0.1, -0.05) is 121 Å². The summed E-state index contributed by atoms with van der Waals surface area (Å²) in [5.74, 6) is 0.652. The zero-order valence-electron chi connectivity index (χ0n) is 26.1. The van der Waals surface area contributed by atoms with Gasteiger partial charge in [-0.25, -0.2) is 9.97 Å². The Kier molecular flexibility index (Phi) is 5.51. The van der Waals surface area contributed by atoms with Crippen molar-refractivity contribution in [1.29, 1.82) is 0 Å². The Morgan fingerprint density at radius 2 is 1.12 bits per heavy atom. The zero-order valence-corrected chi connectivity index (χ0v) is 26.9. The summed E-state index contributed by atoms with van der Waals surface area (Å²) in [6.07, 6.45) is 0. The van der Waals surface area contributed by atoms with Crippen LogP contribution in [0.3, 0.4) is 0 Å². The number of hydrogen-bond acceptors (Lipinski definition) is 4. The van der Waals surface area contributed by atoms with Gasteiger partial charge in [0.15, 0.2) is 0 Å². The molecular weight excluding hydrogens is 619 g/mol. The van der Waals surface area contributed by atoms with Gasteiger partial charge in [0.25, 0.3) is 0 Å². The van der Waals surface area contributed by atoms with Crippen molar-refractivity contribution in [3.8, 4) is 28.3 Å². The fourth-order valence-corrected chi connectivity index (χ4v) is 8.88. The molecule has 4 aromatic heterocycles. The quantitative estimate of drug-likeness (QED) is 0.192. The molecule has 0 radical (unpaired) electrons. The van der Waals surface area contributed by atoms with Crippen molar-refractivity contribution in [2.75, 3.05) is 0 Å². The molecule has 5 heteroatoms. The van der Waals surface area contributed by atoms with E-state index < -0.39 is 0 Å². The third-order valence-corrected chi connectivity index (χ3v) is 11.0. The molecule has 0 fully saturated rings. The maximum absolute atomic E-state index is 6.34. The lowest BCUT2D eigenvalue weighted by atomic mass is 9.96. The fourth-order valence-electron chi connectivity index (χ4n) is 7.61. The van der Waals surface area contributed by atoms with Gasteiger partial charge in [-0.05, 0) is 46.8 Å². The Morgan fingerprint density at radius 3 is 1.94 bits per heavy atom. The van der Waals surface area contributed by atoms with Crippen molar-refractivity contribution in [2.24, 2.45) is 0 Å². The molecule has 0 aliphatic carbocycles. The normalized spacial score (nSPS) is 12.1. The summed E-state index contributed by atoms with van der Waals surface area (Å²) < 4.78 is 10.9. The minimum Gasteiger partial charge on any atom is -0.456 e. The molecule has 0 atom stereocenters. The van der Waals surface area contributed by atoms with E-state index in [1.165, 1.54) is 26.6 Å². The van der Waals surface area contributed by atoms with E-state index >= 15 is 0 Å². The molecule has 4 heterocycles.